The van der Waals surface area contributed by atoms with Crippen LogP contribution in [0.3, 0.4) is 0 Å². The number of nitrogens with one attached hydrogen (secondary N) is 1. The lowest BCUT2D eigenvalue weighted by molar-refractivity contribution is 0.0920. The zero-order valence-corrected chi connectivity index (χ0v) is 14.3. The first-order valence-electron chi connectivity index (χ1n) is 7.66. The SMILES string of the molecule is COc1ccc(-c2nnc(C(=O)NCCc3ccc(Cl)cc3)o2)cc1. The first-order valence-corrected chi connectivity index (χ1v) is 8.04. The van der Waals surface area contributed by atoms with Crippen LogP contribution in [0.5, 0.6) is 5.75 Å². The van der Waals surface area contributed by atoms with Gasteiger partial charge in [0.15, 0.2) is 0 Å². The fourth-order valence-electron chi connectivity index (χ4n) is 2.21. The number of ether oxygens (including phenoxy) is 1. The maximum Gasteiger partial charge on any atom is 0.308 e. The van der Waals surface area contributed by atoms with E-state index in [2.05, 4.69) is 15.5 Å². The Labute approximate surface area is 149 Å². The summed E-state index contributed by atoms with van der Waals surface area (Å²) < 4.78 is 10.5. The summed E-state index contributed by atoms with van der Waals surface area (Å²) >= 11 is 5.84. The van der Waals surface area contributed by atoms with Gasteiger partial charge in [0.1, 0.15) is 5.75 Å². The Hall–Kier alpha value is -2.86. The maximum atomic E-state index is 12.1. The summed E-state index contributed by atoms with van der Waals surface area (Å²) in [6.45, 7) is 0.459. The fraction of sp³-hybridized carbons (Fsp3) is 0.167. The topological polar surface area (TPSA) is 77.2 Å². The molecule has 3 aromatic rings. The molecule has 3 rings (SSSR count). The molecule has 1 heterocycles. The molecule has 2 aromatic carbocycles. The monoisotopic (exact) mass is 357 g/mol. The predicted octanol–water partition coefficient (Wildman–Crippen LogP) is 3.37. The van der Waals surface area contributed by atoms with Gasteiger partial charge in [-0.05, 0) is 48.4 Å². The highest BCUT2D eigenvalue weighted by molar-refractivity contribution is 6.30. The molecule has 1 N–H and O–H groups in total. The highest BCUT2D eigenvalue weighted by Crippen LogP contribution is 2.21. The van der Waals surface area contributed by atoms with Gasteiger partial charge in [-0.1, -0.05) is 23.7 Å². The Morgan fingerprint density at radius 1 is 1.12 bits per heavy atom. The average Bonchev–Trinajstić information content (AvgIpc) is 3.13. The van der Waals surface area contributed by atoms with Crippen LogP contribution in [-0.2, 0) is 6.42 Å². The normalized spacial score (nSPS) is 10.5. The zero-order chi connectivity index (χ0) is 17.6. The quantitative estimate of drug-likeness (QED) is 0.731. The van der Waals surface area contributed by atoms with E-state index >= 15 is 0 Å². The minimum atomic E-state index is -0.402. The molecule has 0 unspecified atom stereocenters. The number of hydrogen-bond acceptors (Lipinski definition) is 5. The van der Waals surface area contributed by atoms with Crippen molar-refractivity contribution in [3.05, 3.63) is 65.0 Å². The highest BCUT2D eigenvalue weighted by Gasteiger charge is 2.15. The lowest BCUT2D eigenvalue weighted by Gasteiger charge is -2.03. The molecule has 1 aromatic heterocycles. The van der Waals surface area contributed by atoms with Gasteiger partial charge in [0, 0.05) is 17.1 Å². The Morgan fingerprint density at radius 2 is 1.84 bits per heavy atom. The summed E-state index contributed by atoms with van der Waals surface area (Å²) in [6.07, 6.45) is 0.683. The molecule has 0 bridgehead atoms. The number of aromatic nitrogens is 2. The van der Waals surface area contributed by atoms with Gasteiger partial charge in [-0.2, -0.15) is 0 Å². The molecule has 128 valence electrons. The number of amides is 1. The van der Waals surface area contributed by atoms with E-state index in [0.717, 1.165) is 11.3 Å². The fourth-order valence-corrected chi connectivity index (χ4v) is 2.34. The molecule has 1 amide bonds. The lowest BCUT2D eigenvalue weighted by Crippen LogP contribution is -2.26. The third kappa shape index (κ3) is 4.36. The number of halogens is 1. The van der Waals surface area contributed by atoms with Gasteiger partial charge in [0.25, 0.3) is 0 Å². The maximum absolute atomic E-state index is 12.1. The van der Waals surface area contributed by atoms with Gasteiger partial charge < -0.3 is 14.5 Å². The largest absolute Gasteiger partial charge is 0.497 e. The van der Waals surface area contributed by atoms with Gasteiger partial charge in [0.2, 0.25) is 5.89 Å². The van der Waals surface area contributed by atoms with Crippen molar-refractivity contribution in [2.45, 2.75) is 6.42 Å². The van der Waals surface area contributed by atoms with E-state index in [1.165, 1.54) is 0 Å². The number of rotatable bonds is 6. The number of carbonyl (C=O) groups excluding carboxylic acids is 1. The van der Waals surface area contributed by atoms with Crippen molar-refractivity contribution in [2.24, 2.45) is 0 Å². The summed E-state index contributed by atoms with van der Waals surface area (Å²) in [6, 6.07) is 14.6. The molecule has 0 radical (unpaired) electrons. The summed E-state index contributed by atoms with van der Waals surface area (Å²) in [7, 11) is 1.59. The first-order chi connectivity index (χ1) is 12.2. The van der Waals surface area contributed by atoms with Gasteiger partial charge in [-0.3, -0.25) is 4.79 Å². The second-order valence-corrected chi connectivity index (χ2v) is 5.71. The minimum Gasteiger partial charge on any atom is -0.497 e. The van der Waals surface area contributed by atoms with Crippen LogP contribution in [0, 0.1) is 0 Å². The highest BCUT2D eigenvalue weighted by atomic mass is 35.5. The molecule has 0 saturated carbocycles. The molecular weight excluding hydrogens is 342 g/mol. The van der Waals surface area contributed by atoms with Gasteiger partial charge in [-0.25, -0.2) is 0 Å². The third-order valence-electron chi connectivity index (χ3n) is 3.57. The lowest BCUT2D eigenvalue weighted by atomic mass is 10.1. The Kier molecular flexibility index (Phi) is 5.30. The predicted molar refractivity (Wildman–Crippen MR) is 93.8 cm³/mol. The third-order valence-corrected chi connectivity index (χ3v) is 3.82. The van der Waals surface area contributed by atoms with E-state index in [9.17, 15) is 4.79 Å². The number of methoxy groups -OCH3 is 1. The van der Waals surface area contributed by atoms with Crippen molar-refractivity contribution < 1.29 is 13.9 Å². The van der Waals surface area contributed by atoms with Gasteiger partial charge in [0.05, 0.1) is 7.11 Å². The van der Waals surface area contributed by atoms with E-state index in [4.69, 9.17) is 20.8 Å². The van der Waals surface area contributed by atoms with Crippen LogP contribution in [0.15, 0.2) is 52.9 Å². The Morgan fingerprint density at radius 3 is 2.52 bits per heavy atom. The molecule has 6 nitrogen and oxygen atoms in total. The van der Waals surface area contributed by atoms with E-state index in [0.29, 0.717) is 23.6 Å². The Bertz CT molecular complexity index is 845. The summed E-state index contributed by atoms with van der Waals surface area (Å²) in [5.74, 6) is 0.539. The van der Waals surface area contributed by atoms with E-state index in [-0.39, 0.29) is 11.8 Å². The average molecular weight is 358 g/mol. The molecule has 0 aliphatic heterocycles. The van der Waals surface area contributed by atoms with Crippen LogP contribution in [0.4, 0.5) is 0 Å². The van der Waals surface area contributed by atoms with Crippen molar-refractivity contribution in [2.75, 3.05) is 13.7 Å². The second kappa shape index (κ2) is 7.81. The number of carbonyl (C=O) groups is 1. The Balaban J connectivity index is 1.57. The molecule has 0 fully saturated rings. The van der Waals surface area contributed by atoms with E-state index in [1.54, 1.807) is 31.4 Å². The smallest absolute Gasteiger partial charge is 0.308 e. The van der Waals surface area contributed by atoms with Gasteiger partial charge >= 0.3 is 11.8 Å². The zero-order valence-electron chi connectivity index (χ0n) is 13.5. The van der Waals surface area contributed by atoms with Crippen molar-refractivity contribution in [3.63, 3.8) is 0 Å². The van der Waals surface area contributed by atoms with E-state index in [1.807, 2.05) is 24.3 Å². The second-order valence-electron chi connectivity index (χ2n) is 5.27. The minimum absolute atomic E-state index is 0.0677. The van der Waals surface area contributed by atoms with Crippen LogP contribution in [-0.4, -0.2) is 29.8 Å². The van der Waals surface area contributed by atoms with Crippen LogP contribution in [0.2, 0.25) is 5.02 Å². The number of hydrogen-bond donors (Lipinski definition) is 1. The molecule has 0 aliphatic rings. The number of nitrogens with zero attached hydrogens (tertiary/aromatic N) is 2. The van der Waals surface area contributed by atoms with Crippen molar-refractivity contribution in [3.8, 4) is 17.2 Å². The standard InChI is InChI=1S/C18H16ClN3O3/c1-24-15-8-4-13(5-9-15)17-21-22-18(25-17)16(23)20-11-10-12-2-6-14(19)7-3-12/h2-9H,10-11H2,1H3,(H,20,23). The molecular formula is C18H16ClN3O3. The molecule has 0 spiro atoms. The van der Waals surface area contributed by atoms with Crippen LogP contribution < -0.4 is 10.1 Å². The van der Waals surface area contributed by atoms with Crippen molar-refractivity contribution >= 4 is 17.5 Å². The molecule has 0 saturated heterocycles. The molecule has 0 aliphatic carbocycles. The molecule has 25 heavy (non-hydrogen) atoms. The van der Waals surface area contributed by atoms with Crippen molar-refractivity contribution in [1.82, 2.24) is 15.5 Å². The number of benzene rings is 2. The van der Waals surface area contributed by atoms with E-state index < -0.39 is 5.91 Å². The summed E-state index contributed by atoms with van der Waals surface area (Å²) in [5, 5.41) is 11.1. The summed E-state index contributed by atoms with van der Waals surface area (Å²) in [4.78, 5) is 12.1. The van der Waals surface area contributed by atoms with Gasteiger partial charge in [-0.15, -0.1) is 10.2 Å². The first kappa shape index (κ1) is 17.0. The van der Waals surface area contributed by atoms with Crippen molar-refractivity contribution in [1.29, 1.82) is 0 Å². The molecule has 0 atom stereocenters. The van der Waals surface area contributed by atoms with Crippen LogP contribution in [0.25, 0.3) is 11.5 Å². The summed E-state index contributed by atoms with van der Waals surface area (Å²) in [5.41, 5.74) is 1.79. The van der Waals surface area contributed by atoms with Crippen LogP contribution >= 0.6 is 11.6 Å². The van der Waals surface area contributed by atoms with Crippen LogP contribution in [0.1, 0.15) is 16.2 Å². The molecule has 7 heteroatoms.